The van der Waals surface area contributed by atoms with E-state index in [4.69, 9.17) is 13.8 Å². The Morgan fingerprint density at radius 2 is 1.69 bits per heavy atom. The summed E-state index contributed by atoms with van der Waals surface area (Å²) in [5, 5.41) is 1.85. The maximum absolute atomic E-state index is 14.5. The first-order valence-electron chi connectivity index (χ1n) is 15.1. The molecule has 11 nitrogen and oxygen atoms in total. The molecule has 3 heterocycles. The van der Waals surface area contributed by atoms with Crippen LogP contribution in [-0.2, 0) is 30.5 Å². The molecule has 0 saturated carbocycles. The van der Waals surface area contributed by atoms with Gasteiger partial charge in [-0.2, -0.15) is 8.42 Å². The molecule has 3 aromatic carbocycles. The van der Waals surface area contributed by atoms with Gasteiger partial charge in [0.15, 0.2) is 11.6 Å². The van der Waals surface area contributed by atoms with Crippen LogP contribution in [0.4, 0.5) is 5.82 Å². The van der Waals surface area contributed by atoms with Gasteiger partial charge in [-0.05, 0) is 74.4 Å². The number of hydroxylamine groups is 1. The highest BCUT2D eigenvalue weighted by Crippen LogP contribution is 2.38. The average molecular weight is 688 g/mol. The van der Waals surface area contributed by atoms with Crippen molar-refractivity contribution in [2.45, 2.75) is 38.4 Å². The number of hydrogen-bond donors (Lipinski definition) is 0. The van der Waals surface area contributed by atoms with Crippen molar-refractivity contribution in [3.8, 4) is 0 Å². The van der Waals surface area contributed by atoms with E-state index >= 15 is 0 Å². The zero-order valence-electron chi connectivity index (χ0n) is 27.0. The molecule has 0 atom stereocenters. The van der Waals surface area contributed by atoms with Crippen molar-refractivity contribution in [3.05, 3.63) is 99.4 Å². The van der Waals surface area contributed by atoms with Crippen LogP contribution >= 0.6 is 11.3 Å². The second-order valence-electron chi connectivity index (χ2n) is 11.6. The summed E-state index contributed by atoms with van der Waals surface area (Å²) in [5.41, 5.74) is 3.34. The number of aryl methyl sites for hydroxylation is 2. The number of carbonyl (C=O) groups is 3. The Balaban J connectivity index is 1.47. The van der Waals surface area contributed by atoms with Crippen LogP contribution < -0.4 is 5.06 Å². The maximum Gasteiger partial charge on any atom is 0.318 e. The summed E-state index contributed by atoms with van der Waals surface area (Å²) in [6.07, 6.45) is -0.0182. The van der Waals surface area contributed by atoms with Gasteiger partial charge in [-0.15, -0.1) is 20.7 Å². The van der Waals surface area contributed by atoms with Crippen molar-refractivity contribution in [1.82, 2.24) is 9.88 Å². The van der Waals surface area contributed by atoms with Gasteiger partial charge in [0, 0.05) is 53.9 Å². The molecule has 1 aliphatic rings. The zero-order valence-corrected chi connectivity index (χ0v) is 28.6. The highest BCUT2D eigenvalue weighted by atomic mass is 32.2. The van der Waals surface area contributed by atoms with Crippen molar-refractivity contribution in [3.63, 3.8) is 0 Å². The molecule has 0 radical (unpaired) electrons. The van der Waals surface area contributed by atoms with Crippen LogP contribution in [0.3, 0.4) is 0 Å². The van der Waals surface area contributed by atoms with Gasteiger partial charge in [-0.1, -0.05) is 29.8 Å². The number of rotatable bonds is 10. The van der Waals surface area contributed by atoms with E-state index < -0.39 is 16.0 Å². The lowest BCUT2D eigenvalue weighted by molar-refractivity contribution is -0.0191. The molecule has 0 aliphatic carbocycles. The van der Waals surface area contributed by atoms with Crippen LogP contribution in [0.2, 0.25) is 0 Å². The molecule has 13 heteroatoms. The lowest BCUT2D eigenvalue weighted by atomic mass is 10.0. The van der Waals surface area contributed by atoms with E-state index in [1.165, 1.54) is 25.1 Å². The number of methoxy groups -OCH3 is 2. The van der Waals surface area contributed by atoms with Crippen LogP contribution in [0.15, 0.2) is 71.6 Å². The van der Waals surface area contributed by atoms with Gasteiger partial charge in [0.25, 0.3) is 11.8 Å². The number of likely N-dealkylation sites (tertiary alicyclic amines) is 1. The third-order valence-electron chi connectivity index (χ3n) is 8.33. The topological polar surface area (TPSA) is 132 Å². The summed E-state index contributed by atoms with van der Waals surface area (Å²) in [7, 11) is -1.37. The van der Waals surface area contributed by atoms with E-state index in [2.05, 4.69) is 4.98 Å². The molecule has 1 saturated heterocycles. The first-order chi connectivity index (χ1) is 22.9. The number of hydrogen-bond acceptors (Lipinski definition) is 10. The lowest BCUT2D eigenvalue weighted by Crippen LogP contribution is -2.54. The van der Waals surface area contributed by atoms with Gasteiger partial charge < -0.3 is 14.4 Å². The van der Waals surface area contributed by atoms with Gasteiger partial charge in [-0.3, -0.25) is 14.4 Å². The monoisotopic (exact) mass is 687 g/mol. The Kier molecular flexibility index (Phi) is 9.16. The van der Waals surface area contributed by atoms with E-state index in [0.717, 1.165) is 22.5 Å². The number of Topliss-reactive ketones (excluding diaryl/α,β-unsaturated/α-hetero) is 1. The molecule has 2 aromatic heterocycles. The van der Waals surface area contributed by atoms with E-state index in [-0.39, 0.29) is 40.0 Å². The Bertz CT molecular complexity index is 2190. The predicted octanol–water partition coefficient (Wildman–Crippen LogP) is 5.85. The van der Waals surface area contributed by atoms with Crippen molar-refractivity contribution in [1.29, 1.82) is 0 Å². The molecule has 0 unspecified atom stereocenters. The van der Waals surface area contributed by atoms with Crippen molar-refractivity contribution >= 4 is 65.9 Å². The second-order valence-corrected chi connectivity index (χ2v) is 14.1. The number of aromatic nitrogens is 1. The van der Waals surface area contributed by atoms with Crippen molar-refractivity contribution < 1.29 is 36.6 Å². The van der Waals surface area contributed by atoms with Crippen LogP contribution in [-0.4, -0.2) is 69.3 Å². The molecule has 0 bridgehead atoms. The standard InChI is InChI=1S/C35H33N3O8S2/c1-20-9-12-25(13-10-20)48(42,43)46-38(35(41)32-21(2)31-23(19-44-4)11-14-26(22(3)39)33(31)47-32)30-16-15-27-28(7-6-8-29(27)36-30)34(40)37-17-24(18-37)45-5/h6-16,24H,17-19H2,1-5H3. The Labute approximate surface area is 281 Å². The Hall–Kier alpha value is -4.53. The average Bonchev–Trinajstić information content (AvgIpc) is 3.39. The molecule has 248 valence electrons. The molecule has 5 aromatic rings. The summed E-state index contributed by atoms with van der Waals surface area (Å²) in [6.45, 7) is 6.17. The molecule has 6 rings (SSSR count). The first-order valence-corrected chi connectivity index (χ1v) is 17.3. The van der Waals surface area contributed by atoms with E-state index in [0.29, 0.717) is 55.8 Å². The Morgan fingerprint density at radius 1 is 0.958 bits per heavy atom. The number of carbonyl (C=O) groups excluding carboxylic acids is 3. The van der Waals surface area contributed by atoms with E-state index in [1.54, 1.807) is 74.6 Å². The highest BCUT2D eigenvalue weighted by molar-refractivity contribution is 7.86. The number of amides is 2. The number of ketones is 1. The minimum atomic E-state index is -4.53. The van der Waals surface area contributed by atoms with Gasteiger partial charge in [0.05, 0.1) is 28.0 Å². The number of pyridine rings is 1. The molecular weight excluding hydrogens is 655 g/mol. The fraction of sp³-hybridized carbons (Fsp3) is 0.257. The first kappa shape index (κ1) is 33.4. The molecule has 0 spiro atoms. The number of fused-ring (bicyclic) bond motifs is 2. The van der Waals surface area contributed by atoms with Gasteiger partial charge in [0.1, 0.15) is 0 Å². The number of thiophene rings is 1. The quantitative estimate of drug-likeness (QED) is 0.131. The van der Waals surface area contributed by atoms with Gasteiger partial charge in [0.2, 0.25) is 0 Å². The summed E-state index contributed by atoms with van der Waals surface area (Å²) in [6, 6.07) is 17.6. The molecule has 0 N–H and O–H groups in total. The summed E-state index contributed by atoms with van der Waals surface area (Å²) in [4.78, 5) is 46.6. The fourth-order valence-corrected chi connectivity index (χ4v) is 7.90. The van der Waals surface area contributed by atoms with E-state index in [9.17, 15) is 22.8 Å². The Morgan fingerprint density at radius 3 is 2.35 bits per heavy atom. The maximum atomic E-state index is 14.5. The van der Waals surface area contributed by atoms with Crippen LogP contribution in [0, 0.1) is 13.8 Å². The molecule has 1 fully saturated rings. The minimum absolute atomic E-state index is 0.0182. The summed E-state index contributed by atoms with van der Waals surface area (Å²) < 4.78 is 44.1. The SMILES string of the molecule is COCc1ccc(C(C)=O)c2sc(C(=O)N(OS(=O)(=O)c3ccc(C)cc3)c3ccc4c(C(=O)N5CC(OC)C5)cccc4n3)c(C)c12. The number of anilines is 1. The molecule has 48 heavy (non-hydrogen) atoms. The predicted molar refractivity (Wildman–Crippen MR) is 182 cm³/mol. The smallest absolute Gasteiger partial charge is 0.318 e. The van der Waals surface area contributed by atoms with Crippen LogP contribution in [0.5, 0.6) is 0 Å². The second kappa shape index (κ2) is 13.2. The summed E-state index contributed by atoms with van der Waals surface area (Å²) >= 11 is 1.07. The number of ether oxygens (including phenoxy) is 2. The van der Waals surface area contributed by atoms with Crippen molar-refractivity contribution in [2.75, 3.05) is 32.4 Å². The lowest BCUT2D eigenvalue weighted by Gasteiger charge is -2.38. The molecule has 1 aliphatic heterocycles. The largest absolute Gasteiger partial charge is 0.380 e. The van der Waals surface area contributed by atoms with Crippen LogP contribution in [0.25, 0.3) is 21.0 Å². The third kappa shape index (κ3) is 6.11. The summed E-state index contributed by atoms with van der Waals surface area (Å²) in [5.74, 6) is -1.29. The fourth-order valence-electron chi connectivity index (χ4n) is 5.67. The van der Waals surface area contributed by atoms with Crippen molar-refractivity contribution in [2.24, 2.45) is 0 Å². The minimum Gasteiger partial charge on any atom is -0.380 e. The highest BCUT2D eigenvalue weighted by Gasteiger charge is 2.34. The van der Waals surface area contributed by atoms with Gasteiger partial charge in [-0.25, -0.2) is 4.98 Å². The molecular formula is C35H33N3O8S2. The number of nitrogens with zero attached hydrogens (tertiary/aromatic N) is 3. The van der Waals surface area contributed by atoms with E-state index in [1.807, 2.05) is 6.92 Å². The third-order valence-corrected chi connectivity index (χ3v) is 10.8. The number of benzene rings is 3. The molecule has 2 amide bonds. The van der Waals surface area contributed by atoms with Crippen LogP contribution in [0.1, 0.15) is 54.0 Å². The normalized spacial score (nSPS) is 13.6. The zero-order chi connectivity index (χ0) is 34.3. The van der Waals surface area contributed by atoms with Gasteiger partial charge >= 0.3 is 10.1 Å².